The van der Waals surface area contributed by atoms with Crippen molar-refractivity contribution in [2.75, 3.05) is 19.3 Å². The van der Waals surface area contributed by atoms with Gasteiger partial charge in [-0.05, 0) is 7.05 Å². The van der Waals surface area contributed by atoms with Gasteiger partial charge in [0.05, 0.1) is 12.0 Å². The molecule has 0 aromatic carbocycles. The lowest BCUT2D eigenvalue weighted by Gasteiger charge is -2.23. The number of nitrogens with two attached hydrogens (primary N) is 1. The minimum atomic E-state index is 0.677. The summed E-state index contributed by atoms with van der Waals surface area (Å²) in [5, 5.41) is 0. The van der Waals surface area contributed by atoms with Crippen molar-refractivity contribution < 1.29 is 0 Å². The van der Waals surface area contributed by atoms with Crippen molar-refractivity contribution in [3.8, 4) is 0 Å². The molecule has 4 heteroatoms. The minimum Gasteiger partial charge on any atom is -0.382 e. The third-order valence-corrected chi connectivity index (χ3v) is 2.12. The van der Waals surface area contributed by atoms with Crippen LogP contribution in [-0.2, 0) is 13.1 Å². The first kappa shape index (κ1) is 6.67. The van der Waals surface area contributed by atoms with Gasteiger partial charge < -0.3 is 10.3 Å². The van der Waals surface area contributed by atoms with Crippen molar-refractivity contribution in [2.45, 2.75) is 13.1 Å². The van der Waals surface area contributed by atoms with Crippen molar-refractivity contribution in [1.82, 2.24) is 14.5 Å². The number of fused-ring (bicyclic) bond motifs is 1. The zero-order valence-electron chi connectivity index (χ0n) is 6.62. The monoisotopic (exact) mass is 152 g/mol. The maximum absolute atomic E-state index is 5.66. The third kappa shape index (κ3) is 0.991. The molecule has 0 unspecified atom stereocenters. The molecule has 1 aliphatic heterocycles. The van der Waals surface area contributed by atoms with Crippen LogP contribution in [0.5, 0.6) is 0 Å². The summed E-state index contributed by atoms with van der Waals surface area (Å²) in [6.07, 6.45) is 1.82. The number of hydrogen-bond acceptors (Lipinski definition) is 3. The van der Waals surface area contributed by atoms with Crippen molar-refractivity contribution in [2.24, 2.45) is 0 Å². The fraction of sp³-hybridized carbons (Fsp3) is 0.571. The first-order valence-electron chi connectivity index (χ1n) is 3.75. The van der Waals surface area contributed by atoms with E-state index in [9.17, 15) is 0 Å². The number of anilines is 1. The quantitative estimate of drug-likeness (QED) is 0.565. The van der Waals surface area contributed by atoms with Crippen molar-refractivity contribution in [3.05, 3.63) is 12.0 Å². The van der Waals surface area contributed by atoms with E-state index in [0.29, 0.717) is 5.82 Å². The fourth-order valence-corrected chi connectivity index (χ4v) is 1.40. The Bertz CT molecular complexity index is 265. The standard InChI is InChI=1S/C7H12N4/c1-10-2-3-11-5-9-7(8)6(11)4-10/h5H,2-4,8H2,1H3. The van der Waals surface area contributed by atoms with Gasteiger partial charge in [0.1, 0.15) is 5.82 Å². The zero-order chi connectivity index (χ0) is 7.84. The molecule has 2 rings (SSSR count). The summed E-state index contributed by atoms with van der Waals surface area (Å²) in [5.74, 6) is 0.677. The number of imidazole rings is 1. The molecule has 60 valence electrons. The molecule has 0 bridgehead atoms. The molecule has 0 saturated heterocycles. The molecule has 11 heavy (non-hydrogen) atoms. The molecule has 0 aliphatic carbocycles. The number of likely N-dealkylation sites (N-methyl/N-ethyl adjacent to an activating group) is 1. The highest BCUT2D eigenvalue weighted by atomic mass is 15.2. The molecule has 2 heterocycles. The second-order valence-corrected chi connectivity index (χ2v) is 3.01. The third-order valence-electron chi connectivity index (χ3n) is 2.12. The SMILES string of the molecule is CN1CCn2cnc(N)c2C1. The van der Waals surface area contributed by atoms with E-state index in [1.807, 2.05) is 6.33 Å². The van der Waals surface area contributed by atoms with Crippen LogP contribution in [0.4, 0.5) is 5.82 Å². The maximum atomic E-state index is 5.66. The van der Waals surface area contributed by atoms with E-state index in [4.69, 9.17) is 5.73 Å². The summed E-state index contributed by atoms with van der Waals surface area (Å²) < 4.78 is 2.12. The number of rotatable bonds is 0. The smallest absolute Gasteiger partial charge is 0.146 e. The Kier molecular flexibility index (Phi) is 1.35. The van der Waals surface area contributed by atoms with E-state index in [1.165, 1.54) is 0 Å². The Hall–Kier alpha value is -1.03. The summed E-state index contributed by atoms with van der Waals surface area (Å²) in [6, 6.07) is 0. The van der Waals surface area contributed by atoms with Gasteiger partial charge in [-0.2, -0.15) is 0 Å². The molecule has 0 radical (unpaired) electrons. The lowest BCUT2D eigenvalue weighted by molar-refractivity contribution is 0.270. The molecular formula is C7H12N4. The first-order chi connectivity index (χ1) is 5.27. The van der Waals surface area contributed by atoms with Crippen LogP contribution in [0.25, 0.3) is 0 Å². The van der Waals surface area contributed by atoms with E-state index >= 15 is 0 Å². The number of nitrogen functional groups attached to an aromatic ring is 1. The van der Waals surface area contributed by atoms with Gasteiger partial charge in [0.2, 0.25) is 0 Å². The van der Waals surface area contributed by atoms with Crippen LogP contribution in [0, 0.1) is 0 Å². The van der Waals surface area contributed by atoms with E-state index in [1.54, 1.807) is 0 Å². The molecule has 1 aromatic heterocycles. The normalized spacial score (nSPS) is 18.3. The van der Waals surface area contributed by atoms with Gasteiger partial charge in [0, 0.05) is 19.6 Å². The molecule has 1 aliphatic rings. The van der Waals surface area contributed by atoms with Crippen LogP contribution >= 0.6 is 0 Å². The second-order valence-electron chi connectivity index (χ2n) is 3.01. The van der Waals surface area contributed by atoms with Crippen molar-refractivity contribution in [1.29, 1.82) is 0 Å². The molecule has 2 N–H and O–H groups in total. The lowest BCUT2D eigenvalue weighted by Crippen LogP contribution is -2.30. The highest BCUT2D eigenvalue weighted by molar-refractivity contribution is 5.35. The molecule has 1 aromatic rings. The van der Waals surface area contributed by atoms with Gasteiger partial charge in [0.15, 0.2) is 0 Å². The van der Waals surface area contributed by atoms with E-state index in [2.05, 4.69) is 21.5 Å². The predicted molar refractivity (Wildman–Crippen MR) is 43.0 cm³/mol. The second kappa shape index (κ2) is 2.23. The number of nitrogens with zero attached hydrogens (tertiary/aromatic N) is 3. The summed E-state index contributed by atoms with van der Waals surface area (Å²) >= 11 is 0. The van der Waals surface area contributed by atoms with Gasteiger partial charge >= 0.3 is 0 Å². The highest BCUT2D eigenvalue weighted by Crippen LogP contribution is 2.15. The Morgan fingerprint density at radius 2 is 2.36 bits per heavy atom. The minimum absolute atomic E-state index is 0.677. The van der Waals surface area contributed by atoms with Crippen LogP contribution in [0.1, 0.15) is 5.69 Å². The topological polar surface area (TPSA) is 47.1 Å². The molecule has 0 saturated carbocycles. The van der Waals surface area contributed by atoms with Gasteiger partial charge in [-0.15, -0.1) is 0 Å². The van der Waals surface area contributed by atoms with Gasteiger partial charge in [0.25, 0.3) is 0 Å². The number of aromatic nitrogens is 2. The molecule has 4 nitrogen and oxygen atoms in total. The van der Waals surface area contributed by atoms with E-state index < -0.39 is 0 Å². The predicted octanol–water partition coefficient (Wildman–Crippen LogP) is -0.0893. The Morgan fingerprint density at radius 1 is 1.55 bits per heavy atom. The van der Waals surface area contributed by atoms with E-state index in [-0.39, 0.29) is 0 Å². The van der Waals surface area contributed by atoms with Gasteiger partial charge in [-0.1, -0.05) is 0 Å². The average Bonchev–Trinajstić information content (AvgIpc) is 2.33. The lowest BCUT2D eigenvalue weighted by atomic mass is 10.3. The first-order valence-corrected chi connectivity index (χ1v) is 3.75. The number of hydrogen-bond donors (Lipinski definition) is 1. The van der Waals surface area contributed by atoms with Crippen LogP contribution in [-0.4, -0.2) is 28.0 Å². The van der Waals surface area contributed by atoms with Crippen molar-refractivity contribution in [3.63, 3.8) is 0 Å². The summed E-state index contributed by atoms with van der Waals surface area (Å²) in [5.41, 5.74) is 6.82. The molecule has 0 amide bonds. The summed E-state index contributed by atoms with van der Waals surface area (Å²) in [7, 11) is 2.09. The van der Waals surface area contributed by atoms with Crippen LogP contribution in [0.3, 0.4) is 0 Å². The largest absolute Gasteiger partial charge is 0.382 e. The van der Waals surface area contributed by atoms with Gasteiger partial charge in [-0.25, -0.2) is 4.98 Å². The Morgan fingerprint density at radius 3 is 3.18 bits per heavy atom. The van der Waals surface area contributed by atoms with Crippen molar-refractivity contribution >= 4 is 5.82 Å². The van der Waals surface area contributed by atoms with E-state index in [0.717, 1.165) is 25.3 Å². The Balaban J connectivity index is 2.37. The summed E-state index contributed by atoms with van der Waals surface area (Å²) in [4.78, 5) is 6.29. The maximum Gasteiger partial charge on any atom is 0.146 e. The van der Waals surface area contributed by atoms with Gasteiger partial charge in [-0.3, -0.25) is 4.90 Å². The van der Waals surface area contributed by atoms with Crippen LogP contribution in [0.2, 0.25) is 0 Å². The van der Waals surface area contributed by atoms with Crippen LogP contribution in [0.15, 0.2) is 6.33 Å². The molecule has 0 fully saturated rings. The Labute approximate surface area is 65.6 Å². The highest BCUT2D eigenvalue weighted by Gasteiger charge is 2.15. The molecule has 0 spiro atoms. The molecular weight excluding hydrogens is 140 g/mol. The summed E-state index contributed by atoms with van der Waals surface area (Å²) in [6.45, 7) is 3.02. The molecule has 0 atom stereocenters. The van der Waals surface area contributed by atoms with Crippen LogP contribution < -0.4 is 5.73 Å². The fourth-order valence-electron chi connectivity index (χ4n) is 1.40. The average molecular weight is 152 g/mol. The zero-order valence-corrected chi connectivity index (χ0v) is 6.62.